The van der Waals surface area contributed by atoms with Crippen LogP contribution in [0.1, 0.15) is 10.4 Å². The van der Waals surface area contributed by atoms with Gasteiger partial charge in [-0.1, -0.05) is 12.1 Å². The van der Waals surface area contributed by atoms with Gasteiger partial charge in [0.2, 0.25) is 0 Å². The van der Waals surface area contributed by atoms with E-state index >= 15 is 0 Å². The molecule has 2 atom stereocenters. The normalized spacial score (nSPS) is 27.2. The minimum Gasteiger partial charge on any atom is -0.338 e. The number of carbonyl (C=O) groups excluding carboxylic acids is 1. The Morgan fingerprint density at radius 3 is 2.53 bits per heavy atom. The lowest BCUT2D eigenvalue weighted by atomic mass is 10.0. The second kappa shape index (κ2) is 4.42. The minimum atomic E-state index is 0.159. The van der Waals surface area contributed by atoms with Gasteiger partial charge in [0.25, 0.3) is 5.91 Å². The van der Waals surface area contributed by atoms with Gasteiger partial charge in [0.15, 0.2) is 0 Å². The van der Waals surface area contributed by atoms with E-state index in [1.54, 1.807) is 0 Å². The first kappa shape index (κ1) is 11.2. The maximum absolute atomic E-state index is 12.4. The van der Waals surface area contributed by atoms with E-state index < -0.39 is 0 Å². The summed E-state index contributed by atoms with van der Waals surface area (Å²) in [5, 5.41) is 3.39. The fraction of sp³-hybridized carbons (Fsp3) is 0.462. The fourth-order valence-electron chi connectivity index (χ4n) is 2.83. The molecule has 2 saturated heterocycles. The molecular formula is C13H15BrN2O. The van der Waals surface area contributed by atoms with Crippen molar-refractivity contribution in [3.05, 3.63) is 34.3 Å². The van der Waals surface area contributed by atoms with E-state index in [9.17, 15) is 4.79 Å². The van der Waals surface area contributed by atoms with Gasteiger partial charge in [-0.2, -0.15) is 0 Å². The molecule has 0 saturated carbocycles. The first-order valence-corrected chi connectivity index (χ1v) is 6.79. The van der Waals surface area contributed by atoms with E-state index in [2.05, 4.69) is 21.2 Å². The van der Waals surface area contributed by atoms with Crippen molar-refractivity contribution >= 4 is 21.8 Å². The molecule has 2 aliphatic heterocycles. The number of rotatable bonds is 1. The molecule has 2 fully saturated rings. The van der Waals surface area contributed by atoms with E-state index in [1.165, 1.54) is 0 Å². The lowest BCUT2D eigenvalue weighted by Crippen LogP contribution is -2.32. The maximum Gasteiger partial charge on any atom is 0.255 e. The Morgan fingerprint density at radius 1 is 1.24 bits per heavy atom. The van der Waals surface area contributed by atoms with Crippen LogP contribution in [-0.4, -0.2) is 37.0 Å². The highest BCUT2D eigenvalue weighted by molar-refractivity contribution is 9.10. The van der Waals surface area contributed by atoms with Gasteiger partial charge >= 0.3 is 0 Å². The van der Waals surface area contributed by atoms with E-state index in [-0.39, 0.29) is 5.91 Å². The standard InChI is InChI=1S/C13H15BrN2O/c14-12-4-2-1-3-11(12)13(17)16-7-9-5-15-6-10(9)8-16/h1-4,9-10,15H,5-8H2. The summed E-state index contributed by atoms with van der Waals surface area (Å²) >= 11 is 3.45. The summed E-state index contributed by atoms with van der Waals surface area (Å²) in [6.45, 7) is 3.92. The molecule has 1 amide bonds. The molecule has 3 rings (SSSR count). The van der Waals surface area contributed by atoms with Gasteiger partial charge in [-0.15, -0.1) is 0 Å². The first-order chi connectivity index (χ1) is 8.25. The molecule has 2 heterocycles. The van der Waals surface area contributed by atoms with Crippen LogP contribution in [0.4, 0.5) is 0 Å². The number of halogens is 1. The maximum atomic E-state index is 12.4. The first-order valence-electron chi connectivity index (χ1n) is 6.00. The summed E-state index contributed by atoms with van der Waals surface area (Å²) in [5.74, 6) is 1.47. The number of nitrogens with zero attached hydrogens (tertiary/aromatic N) is 1. The number of nitrogens with one attached hydrogen (secondary N) is 1. The average Bonchev–Trinajstić information content (AvgIpc) is 2.88. The predicted octanol–water partition coefficient (Wildman–Crippen LogP) is 1.74. The van der Waals surface area contributed by atoms with E-state index in [4.69, 9.17) is 0 Å². The molecule has 0 spiro atoms. The highest BCUT2D eigenvalue weighted by Crippen LogP contribution is 2.28. The van der Waals surface area contributed by atoms with Crippen LogP contribution < -0.4 is 5.32 Å². The molecule has 0 aromatic heterocycles. The van der Waals surface area contributed by atoms with Crippen LogP contribution in [0, 0.1) is 11.8 Å². The Kier molecular flexibility index (Phi) is 2.92. The Labute approximate surface area is 109 Å². The van der Waals surface area contributed by atoms with Crippen LogP contribution >= 0.6 is 15.9 Å². The van der Waals surface area contributed by atoms with Crippen molar-refractivity contribution in [2.45, 2.75) is 0 Å². The van der Waals surface area contributed by atoms with Crippen molar-refractivity contribution in [1.29, 1.82) is 0 Å². The zero-order chi connectivity index (χ0) is 11.8. The number of fused-ring (bicyclic) bond motifs is 1. The van der Waals surface area contributed by atoms with Crippen LogP contribution in [-0.2, 0) is 0 Å². The molecule has 2 aliphatic rings. The molecule has 0 bridgehead atoms. The largest absolute Gasteiger partial charge is 0.338 e. The van der Waals surface area contributed by atoms with Crippen LogP contribution in [0.3, 0.4) is 0 Å². The number of likely N-dealkylation sites (tertiary alicyclic amines) is 1. The molecule has 0 radical (unpaired) electrons. The van der Waals surface area contributed by atoms with E-state index in [0.717, 1.165) is 36.2 Å². The zero-order valence-corrected chi connectivity index (χ0v) is 11.1. The molecular weight excluding hydrogens is 280 g/mol. The molecule has 0 aliphatic carbocycles. The third kappa shape index (κ3) is 2.00. The topological polar surface area (TPSA) is 32.3 Å². The third-order valence-corrected chi connectivity index (χ3v) is 4.47. The fourth-order valence-corrected chi connectivity index (χ4v) is 3.28. The molecule has 3 nitrogen and oxygen atoms in total. The molecule has 1 aromatic rings. The summed E-state index contributed by atoms with van der Waals surface area (Å²) in [6.07, 6.45) is 0. The number of hydrogen-bond acceptors (Lipinski definition) is 2. The number of carbonyl (C=O) groups is 1. The van der Waals surface area contributed by atoms with Crippen LogP contribution in [0.25, 0.3) is 0 Å². The van der Waals surface area contributed by atoms with Gasteiger partial charge in [0, 0.05) is 30.7 Å². The minimum absolute atomic E-state index is 0.159. The number of amides is 1. The van der Waals surface area contributed by atoms with Crippen molar-refractivity contribution < 1.29 is 4.79 Å². The Hall–Kier alpha value is -0.870. The van der Waals surface area contributed by atoms with Gasteiger partial charge in [-0.3, -0.25) is 4.79 Å². The highest BCUT2D eigenvalue weighted by atomic mass is 79.9. The second-order valence-corrected chi connectivity index (χ2v) is 5.72. The predicted molar refractivity (Wildman–Crippen MR) is 69.9 cm³/mol. The average molecular weight is 295 g/mol. The van der Waals surface area contributed by atoms with Gasteiger partial charge < -0.3 is 10.2 Å². The van der Waals surface area contributed by atoms with E-state index in [0.29, 0.717) is 11.8 Å². The van der Waals surface area contributed by atoms with Crippen LogP contribution in [0.2, 0.25) is 0 Å². The molecule has 1 N–H and O–H groups in total. The smallest absolute Gasteiger partial charge is 0.255 e. The summed E-state index contributed by atoms with van der Waals surface area (Å²) in [7, 11) is 0. The SMILES string of the molecule is O=C(c1ccccc1Br)N1CC2CNCC2C1. The Bertz CT molecular complexity index is 437. The Morgan fingerprint density at radius 2 is 1.88 bits per heavy atom. The second-order valence-electron chi connectivity index (χ2n) is 4.87. The van der Waals surface area contributed by atoms with Gasteiger partial charge in [-0.05, 0) is 39.9 Å². The quantitative estimate of drug-likeness (QED) is 0.856. The monoisotopic (exact) mass is 294 g/mol. The van der Waals surface area contributed by atoms with Crippen LogP contribution in [0.15, 0.2) is 28.7 Å². The highest BCUT2D eigenvalue weighted by Gasteiger charge is 2.38. The molecule has 1 aromatic carbocycles. The van der Waals surface area contributed by atoms with E-state index in [1.807, 2.05) is 29.2 Å². The Balaban J connectivity index is 1.78. The lowest BCUT2D eigenvalue weighted by molar-refractivity contribution is 0.0781. The number of hydrogen-bond donors (Lipinski definition) is 1. The molecule has 2 unspecified atom stereocenters. The van der Waals surface area contributed by atoms with Crippen molar-refractivity contribution in [2.24, 2.45) is 11.8 Å². The lowest BCUT2D eigenvalue weighted by Gasteiger charge is -2.18. The zero-order valence-electron chi connectivity index (χ0n) is 9.53. The van der Waals surface area contributed by atoms with Crippen molar-refractivity contribution in [3.63, 3.8) is 0 Å². The third-order valence-electron chi connectivity index (χ3n) is 3.78. The van der Waals surface area contributed by atoms with Gasteiger partial charge in [-0.25, -0.2) is 0 Å². The summed E-state index contributed by atoms with van der Waals surface area (Å²) in [6, 6.07) is 7.66. The van der Waals surface area contributed by atoms with Crippen molar-refractivity contribution in [2.75, 3.05) is 26.2 Å². The van der Waals surface area contributed by atoms with Crippen LogP contribution in [0.5, 0.6) is 0 Å². The summed E-state index contributed by atoms with van der Waals surface area (Å²) in [5.41, 5.74) is 0.778. The van der Waals surface area contributed by atoms with Crippen molar-refractivity contribution in [1.82, 2.24) is 10.2 Å². The summed E-state index contributed by atoms with van der Waals surface area (Å²) < 4.78 is 0.889. The molecule has 90 valence electrons. The summed E-state index contributed by atoms with van der Waals surface area (Å²) in [4.78, 5) is 14.4. The molecule has 17 heavy (non-hydrogen) atoms. The van der Waals surface area contributed by atoms with Crippen molar-refractivity contribution in [3.8, 4) is 0 Å². The van der Waals surface area contributed by atoms with Gasteiger partial charge in [0.1, 0.15) is 0 Å². The molecule has 4 heteroatoms. The van der Waals surface area contributed by atoms with Gasteiger partial charge in [0.05, 0.1) is 5.56 Å². The number of benzene rings is 1.